The van der Waals surface area contributed by atoms with Crippen molar-refractivity contribution in [3.05, 3.63) is 0 Å². The van der Waals surface area contributed by atoms with Crippen LogP contribution in [-0.4, -0.2) is 17.8 Å². The molecule has 0 aliphatic carbocycles. The van der Waals surface area contributed by atoms with Gasteiger partial charge in [-0.15, -0.1) is 0 Å². The molecule has 5 heteroatoms. The van der Waals surface area contributed by atoms with Crippen molar-refractivity contribution in [3.63, 3.8) is 0 Å². The summed E-state index contributed by atoms with van der Waals surface area (Å²) in [6.45, 7) is 1.72. The highest BCUT2D eigenvalue weighted by Crippen LogP contribution is 2.27. The maximum atomic E-state index is 12.2. The Morgan fingerprint density at radius 3 is 2.45 bits per heavy atom. The van der Waals surface area contributed by atoms with Gasteiger partial charge in [0, 0.05) is 0 Å². The predicted octanol–water partition coefficient (Wildman–Crippen LogP) is 3.09. The molecule has 0 amide bonds. The van der Waals surface area contributed by atoms with E-state index in [-0.39, 0.29) is 6.61 Å². The molecule has 0 N–H and O–H groups in total. The van der Waals surface area contributed by atoms with Crippen molar-refractivity contribution in [1.29, 1.82) is 0 Å². The molecule has 0 saturated heterocycles. The van der Waals surface area contributed by atoms with Crippen LogP contribution in [0, 0.1) is 0 Å². The van der Waals surface area contributed by atoms with E-state index in [2.05, 4.69) is 20.7 Å². The van der Waals surface area contributed by atoms with Gasteiger partial charge in [0.1, 0.15) is 0 Å². The van der Waals surface area contributed by atoms with Gasteiger partial charge in [-0.05, 0) is 22.4 Å². The SMILES string of the molecule is CCCCOC(F)(F)C(F)Br. The molecule has 0 aromatic carbocycles. The van der Waals surface area contributed by atoms with Gasteiger partial charge in [0.05, 0.1) is 6.61 Å². The second-order valence-corrected chi connectivity index (χ2v) is 2.87. The first-order valence-electron chi connectivity index (χ1n) is 3.30. The van der Waals surface area contributed by atoms with Crippen molar-refractivity contribution in [2.24, 2.45) is 0 Å². The Hall–Kier alpha value is 0.230. The average Bonchev–Trinajstić information content (AvgIpc) is 1.88. The Kier molecular flexibility index (Phi) is 5.08. The first-order valence-corrected chi connectivity index (χ1v) is 4.22. The van der Waals surface area contributed by atoms with Crippen molar-refractivity contribution in [3.8, 4) is 0 Å². The Morgan fingerprint density at radius 2 is 2.09 bits per heavy atom. The summed E-state index contributed by atoms with van der Waals surface area (Å²) in [6.07, 6.45) is -2.44. The van der Waals surface area contributed by atoms with Crippen molar-refractivity contribution < 1.29 is 17.9 Å². The molecule has 0 radical (unpaired) electrons. The molecule has 1 unspecified atom stereocenters. The van der Waals surface area contributed by atoms with E-state index in [9.17, 15) is 13.2 Å². The molecule has 11 heavy (non-hydrogen) atoms. The molecule has 0 aliphatic heterocycles. The largest absolute Gasteiger partial charge is 0.396 e. The number of hydrogen-bond acceptors (Lipinski definition) is 1. The molecule has 0 aromatic heterocycles. The Labute approximate surface area is 72.0 Å². The summed E-state index contributed by atoms with van der Waals surface area (Å²) in [5, 5.41) is -2.42. The molecule has 0 fully saturated rings. The number of halogens is 4. The normalized spacial score (nSPS) is 15.0. The Morgan fingerprint density at radius 1 is 1.55 bits per heavy atom. The van der Waals surface area contributed by atoms with Crippen LogP contribution < -0.4 is 0 Å². The quantitative estimate of drug-likeness (QED) is 0.525. The number of alkyl halides is 4. The van der Waals surface area contributed by atoms with Crippen LogP contribution in [0.3, 0.4) is 0 Å². The Bertz CT molecular complexity index is 108. The first-order chi connectivity index (χ1) is 5.00. The standard InChI is InChI=1S/C6H10BrF3O/c1-2-3-4-11-6(9,10)5(7)8/h5H,2-4H2,1H3. The molecule has 0 heterocycles. The second-order valence-electron chi connectivity index (χ2n) is 2.06. The van der Waals surface area contributed by atoms with E-state index >= 15 is 0 Å². The van der Waals surface area contributed by atoms with Crippen LogP contribution in [-0.2, 0) is 4.74 Å². The van der Waals surface area contributed by atoms with E-state index in [0.29, 0.717) is 6.42 Å². The predicted molar refractivity (Wildman–Crippen MR) is 39.6 cm³/mol. The maximum Gasteiger partial charge on any atom is 0.396 e. The summed E-state index contributed by atoms with van der Waals surface area (Å²) in [6, 6.07) is 0. The molecule has 0 aliphatic rings. The topological polar surface area (TPSA) is 9.23 Å². The highest BCUT2D eigenvalue weighted by Gasteiger charge is 2.39. The molecule has 1 nitrogen and oxygen atoms in total. The van der Waals surface area contributed by atoms with E-state index in [4.69, 9.17) is 0 Å². The van der Waals surface area contributed by atoms with Crippen LogP contribution in [0.15, 0.2) is 0 Å². The van der Waals surface area contributed by atoms with E-state index in [1.165, 1.54) is 0 Å². The van der Waals surface area contributed by atoms with Crippen LogP contribution in [0.4, 0.5) is 13.2 Å². The molecule has 0 spiro atoms. The lowest BCUT2D eigenvalue weighted by atomic mass is 10.4. The molecule has 0 saturated carbocycles. The lowest BCUT2D eigenvalue weighted by Crippen LogP contribution is -2.29. The zero-order valence-corrected chi connectivity index (χ0v) is 7.70. The van der Waals surface area contributed by atoms with Crippen LogP contribution in [0.25, 0.3) is 0 Å². The van der Waals surface area contributed by atoms with Gasteiger partial charge >= 0.3 is 6.11 Å². The van der Waals surface area contributed by atoms with Gasteiger partial charge in [-0.1, -0.05) is 13.3 Å². The molecular formula is C6H10BrF3O. The van der Waals surface area contributed by atoms with Gasteiger partial charge in [-0.3, -0.25) is 0 Å². The third-order valence-corrected chi connectivity index (χ3v) is 1.58. The minimum absolute atomic E-state index is 0.116. The monoisotopic (exact) mass is 234 g/mol. The number of hydrogen-bond donors (Lipinski definition) is 0. The fourth-order valence-corrected chi connectivity index (χ4v) is 0.548. The van der Waals surface area contributed by atoms with E-state index < -0.39 is 11.2 Å². The minimum atomic E-state index is -3.70. The fraction of sp³-hybridized carbons (Fsp3) is 1.00. The van der Waals surface area contributed by atoms with Crippen LogP contribution >= 0.6 is 15.9 Å². The van der Waals surface area contributed by atoms with Gasteiger partial charge in [-0.2, -0.15) is 8.78 Å². The number of rotatable bonds is 5. The zero-order chi connectivity index (χ0) is 8.91. The highest BCUT2D eigenvalue weighted by atomic mass is 79.9. The molecule has 1 atom stereocenters. The van der Waals surface area contributed by atoms with Crippen LogP contribution in [0.1, 0.15) is 19.8 Å². The number of unbranched alkanes of at least 4 members (excludes halogenated alkanes) is 1. The fourth-order valence-electron chi connectivity index (χ4n) is 0.416. The van der Waals surface area contributed by atoms with E-state index in [1.54, 1.807) is 0 Å². The molecule has 0 aromatic rings. The maximum absolute atomic E-state index is 12.2. The summed E-state index contributed by atoms with van der Waals surface area (Å²) in [4.78, 5) is 0. The zero-order valence-electron chi connectivity index (χ0n) is 6.12. The van der Waals surface area contributed by atoms with Crippen molar-refractivity contribution in [2.45, 2.75) is 31.0 Å². The third kappa shape index (κ3) is 4.63. The molecular weight excluding hydrogens is 225 g/mol. The van der Waals surface area contributed by atoms with Gasteiger partial charge < -0.3 is 4.74 Å². The van der Waals surface area contributed by atoms with Gasteiger partial charge in [-0.25, -0.2) is 4.39 Å². The summed E-state index contributed by atoms with van der Waals surface area (Å²) < 4.78 is 40.4. The van der Waals surface area contributed by atoms with E-state index in [1.807, 2.05) is 6.92 Å². The lowest BCUT2D eigenvalue weighted by Gasteiger charge is -2.16. The van der Waals surface area contributed by atoms with Crippen LogP contribution in [0.5, 0.6) is 0 Å². The summed E-state index contributed by atoms with van der Waals surface area (Å²) in [5.41, 5.74) is 0. The highest BCUT2D eigenvalue weighted by molar-refractivity contribution is 9.09. The van der Waals surface area contributed by atoms with Crippen molar-refractivity contribution >= 4 is 15.9 Å². The smallest absolute Gasteiger partial charge is 0.317 e. The lowest BCUT2D eigenvalue weighted by molar-refractivity contribution is -0.253. The van der Waals surface area contributed by atoms with Gasteiger partial charge in [0.15, 0.2) is 0 Å². The third-order valence-electron chi connectivity index (χ3n) is 1.05. The van der Waals surface area contributed by atoms with Gasteiger partial charge in [0.25, 0.3) is 0 Å². The summed E-state index contributed by atoms with van der Waals surface area (Å²) >= 11 is 2.11. The van der Waals surface area contributed by atoms with E-state index in [0.717, 1.165) is 6.42 Å². The number of ether oxygens (including phenoxy) is 1. The molecule has 0 bridgehead atoms. The first kappa shape index (κ1) is 11.2. The summed E-state index contributed by atoms with van der Waals surface area (Å²) in [7, 11) is 0. The van der Waals surface area contributed by atoms with Crippen molar-refractivity contribution in [1.82, 2.24) is 0 Å². The summed E-state index contributed by atoms with van der Waals surface area (Å²) in [5.74, 6) is 0. The average molecular weight is 235 g/mol. The minimum Gasteiger partial charge on any atom is -0.317 e. The molecule has 0 rings (SSSR count). The van der Waals surface area contributed by atoms with Crippen LogP contribution in [0.2, 0.25) is 0 Å². The molecule has 68 valence electrons. The Balaban J connectivity index is 3.55. The van der Waals surface area contributed by atoms with Crippen molar-refractivity contribution in [2.75, 3.05) is 6.61 Å². The second kappa shape index (κ2) is 4.98. The van der Waals surface area contributed by atoms with Gasteiger partial charge in [0.2, 0.25) is 5.08 Å².